The van der Waals surface area contributed by atoms with Crippen LogP contribution in [0, 0.1) is 0 Å². The number of aromatic nitrogens is 1. The van der Waals surface area contributed by atoms with Gasteiger partial charge in [0.15, 0.2) is 0 Å². The van der Waals surface area contributed by atoms with E-state index in [1.807, 2.05) is 49.4 Å². The summed E-state index contributed by atoms with van der Waals surface area (Å²) in [6.45, 7) is 3.35. The fraction of sp³-hybridized carbons (Fsp3) is 0.350. The van der Waals surface area contributed by atoms with Gasteiger partial charge in [0.1, 0.15) is 11.6 Å². The summed E-state index contributed by atoms with van der Waals surface area (Å²) in [5.41, 5.74) is -0.452. The van der Waals surface area contributed by atoms with E-state index in [2.05, 4.69) is 15.3 Å². The van der Waals surface area contributed by atoms with E-state index in [1.54, 1.807) is 6.20 Å². The van der Waals surface area contributed by atoms with Gasteiger partial charge in [-0.25, -0.2) is 4.98 Å². The Bertz CT molecular complexity index is 883. The van der Waals surface area contributed by atoms with Gasteiger partial charge in [0.05, 0.1) is 17.5 Å². The molecular formula is C20H23N3O3. The molecule has 0 saturated heterocycles. The van der Waals surface area contributed by atoms with Gasteiger partial charge in [-0.2, -0.15) is 0 Å². The fourth-order valence-electron chi connectivity index (χ4n) is 2.92. The van der Waals surface area contributed by atoms with E-state index >= 15 is 0 Å². The van der Waals surface area contributed by atoms with Crippen molar-refractivity contribution in [1.29, 1.82) is 0 Å². The summed E-state index contributed by atoms with van der Waals surface area (Å²) in [5.74, 6) is 0.867. The van der Waals surface area contributed by atoms with Crippen molar-refractivity contribution in [3.8, 4) is 5.75 Å². The molecule has 1 aliphatic heterocycles. The third-order valence-electron chi connectivity index (χ3n) is 4.25. The molecule has 0 spiro atoms. The van der Waals surface area contributed by atoms with Crippen LogP contribution >= 0.6 is 0 Å². The summed E-state index contributed by atoms with van der Waals surface area (Å²) < 4.78 is 5.82. The Morgan fingerprint density at radius 1 is 1.31 bits per heavy atom. The van der Waals surface area contributed by atoms with E-state index in [0.717, 1.165) is 35.1 Å². The number of carboxylic acid groups (broad SMARTS) is 1. The van der Waals surface area contributed by atoms with Crippen molar-refractivity contribution in [3.05, 3.63) is 53.2 Å². The van der Waals surface area contributed by atoms with Crippen molar-refractivity contribution < 1.29 is 14.6 Å². The first-order chi connectivity index (χ1) is 12.5. The third kappa shape index (κ3) is 4.81. The lowest BCUT2D eigenvalue weighted by Crippen LogP contribution is -2.21. The summed E-state index contributed by atoms with van der Waals surface area (Å²) in [5, 5.41) is 14.0. The number of carboxylic acids is 1. The van der Waals surface area contributed by atoms with Gasteiger partial charge in [0, 0.05) is 24.4 Å². The van der Waals surface area contributed by atoms with Crippen LogP contribution in [0.3, 0.4) is 0 Å². The molecule has 1 unspecified atom stereocenters. The molecule has 2 aromatic rings. The lowest BCUT2D eigenvalue weighted by Gasteiger charge is -2.16. The molecule has 1 aliphatic rings. The summed E-state index contributed by atoms with van der Waals surface area (Å²) in [6, 6.07) is 11.6. The number of benzene rings is 1. The zero-order valence-corrected chi connectivity index (χ0v) is 14.8. The maximum atomic E-state index is 10.8. The first-order valence-corrected chi connectivity index (χ1v) is 8.76. The van der Waals surface area contributed by atoms with Crippen LogP contribution in [0.2, 0.25) is 0 Å². The predicted molar refractivity (Wildman–Crippen MR) is 99.8 cm³/mol. The molecule has 2 N–H and O–H groups in total. The molecule has 136 valence electrons. The van der Waals surface area contributed by atoms with Gasteiger partial charge in [0.2, 0.25) is 0 Å². The van der Waals surface area contributed by atoms with Gasteiger partial charge in [0.25, 0.3) is 0 Å². The Morgan fingerprint density at radius 2 is 2.19 bits per heavy atom. The highest BCUT2D eigenvalue weighted by Gasteiger charge is 2.24. The minimum absolute atomic E-state index is 0.108. The molecule has 0 saturated carbocycles. The topological polar surface area (TPSA) is 83.8 Å². The largest absolute Gasteiger partial charge is 0.494 e. The molecule has 6 nitrogen and oxygen atoms in total. The van der Waals surface area contributed by atoms with Crippen molar-refractivity contribution in [2.24, 2.45) is 4.99 Å². The highest BCUT2D eigenvalue weighted by atomic mass is 16.5. The van der Waals surface area contributed by atoms with E-state index in [0.29, 0.717) is 13.0 Å². The van der Waals surface area contributed by atoms with Crippen LogP contribution in [0.25, 0.3) is 6.08 Å². The molecule has 0 fully saturated rings. The summed E-state index contributed by atoms with van der Waals surface area (Å²) >= 11 is 0. The predicted octanol–water partition coefficient (Wildman–Crippen LogP) is 2.00. The zero-order valence-electron chi connectivity index (χ0n) is 14.8. The van der Waals surface area contributed by atoms with Crippen molar-refractivity contribution in [2.45, 2.75) is 31.7 Å². The van der Waals surface area contributed by atoms with Crippen LogP contribution in [-0.4, -0.2) is 34.8 Å². The normalized spacial score (nSPS) is 17.7. The molecule has 26 heavy (non-hydrogen) atoms. The summed E-state index contributed by atoms with van der Waals surface area (Å²) in [6.07, 6.45) is 5.25. The highest BCUT2D eigenvalue weighted by molar-refractivity contribution is 5.67. The van der Waals surface area contributed by atoms with E-state index in [9.17, 15) is 4.79 Å². The second-order valence-electron chi connectivity index (χ2n) is 6.57. The van der Waals surface area contributed by atoms with Crippen molar-refractivity contribution in [3.63, 3.8) is 0 Å². The molecule has 1 atom stereocenters. The van der Waals surface area contributed by atoms with Crippen LogP contribution in [-0.2, 0) is 4.79 Å². The second-order valence-corrected chi connectivity index (χ2v) is 6.57. The van der Waals surface area contributed by atoms with Crippen LogP contribution < -0.4 is 20.6 Å². The number of ether oxygens (including phenoxy) is 1. The van der Waals surface area contributed by atoms with Gasteiger partial charge in [-0.05, 0) is 56.2 Å². The summed E-state index contributed by atoms with van der Waals surface area (Å²) in [7, 11) is 0. The molecule has 1 aromatic heterocycles. The number of carbonyl (C=O) groups is 1. The van der Waals surface area contributed by atoms with Gasteiger partial charge in [-0.15, -0.1) is 0 Å². The standard InChI is InChI=1S/C20H23N3O3/c1-20(9-8-19(24)25)14-15-13-16(6-7-17(15)23-20)26-12-4-11-22-18-5-2-3-10-21-18/h2-3,5-7,10,13-14H,4,8-9,11-12H2,1H3,(H,21,22)(H,24,25). The Morgan fingerprint density at radius 3 is 2.96 bits per heavy atom. The monoisotopic (exact) mass is 353 g/mol. The molecule has 1 aromatic carbocycles. The lowest BCUT2D eigenvalue weighted by molar-refractivity contribution is -0.137. The quantitative estimate of drug-likeness (QED) is 0.674. The highest BCUT2D eigenvalue weighted by Crippen LogP contribution is 2.21. The number of anilines is 1. The van der Waals surface area contributed by atoms with Gasteiger partial charge in [-0.3, -0.25) is 9.79 Å². The number of hydrogen-bond acceptors (Lipinski definition) is 5. The van der Waals surface area contributed by atoms with Crippen LogP contribution in [0.15, 0.2) is 47.6 Å². The summed E-state index contributed by atoms with van der Waals surface area (Å²) in [4.78, 5) is 19.7. The molecular weight excluding hydrogens is 330 g/mol. The Hall–Kier alpha value is -2.89. The Labute approximate surface area is 152 Å². The third-order valence-corrected chi connectivity index (χ3v) is 4.25. The maximum Gasteiger partial charge on any atom is 0.303 e. The van der Waals surface area contributed by atoms with E-state index in [-0.39, 0.29) is 6.42 Å². The number of hydrogen-bond donors (Lipinski definition) is 2. The fourth-order valence-corrected chi connectivity index (χ4v) is 2.92. The van der Waals surface area contributed by atoms with Crippen molar-refractivity contribution in [2.75, 3.05) is 18.5 Å². The van der Waals surface area contributed by atoms with Gasteiger partial charge < -0.3 is 15.2 Å². The Kier molecular flexibility index (Phi) is 5.51. The first-order valence-electron chi connectivity index (χ1n) is 8.76. The number of rotatable bonds is 9. The van der Waals surface area contributed by atoms with E-state index in [1.165, 1.54) is 0 Å². The minimum Gasteiger partial charge on any atom is -0.494 e. The van der Waals surface area contributed by atoms with Crippen molar-refractivity contribution >= 4 is 17.9 Å². The molecule has 0 bridgehead atoms. The van der Waals surface area contributed by atoms with Gasteiger partial charge in [-0.1, -0.05) is 6.07 Å². The van der Waals surface area contributed by atoms with Crippen molar-refractivity contribution in [1.82, 2.24) is 4.98 Å². The zero-order chi connectivity index (χ0) is 18.4. The molecule has 0 amide bonds. The van der Waals surface area contributed by atoms with E-state index in [4.69, 9.17) is 9.84 Å². The molecule has 3 rings (SSSR count). The average Bonchev–Trinajstić information content (AvgIpc) is 2.96. The van der Waals surface area contributed by atoms with Crippen LogP contribution in [0.1, 0.15) is 26.2 Å². The smallest absolute Gasteiger partial charge is 0.303 e. The molecule has 0 radical (unpaired) electrons. The van der Waals surface area contributed by atoms with E-state index < -0.39 is 11.5 Å². The number of fused-ring (bicyclic) bond motifs is 1. The SMILES string of the molecule is CC1(CCC(=O)O)C=c2cc(OCCCNc3ccccn3)ccc2=N1. The molecule has 6 heteroatoms. The molecule has 2 heterocycles. The second kappa shape index (κ2) is 7.99. The Balaban J connectivity index is 1.51. The lowest BCUT2D eigenvalue weighted by atomic mass is 9.97. The number of aliphatic carboxylic acids is 1. The van der Waals surface area contributed by atoms with Crippen LogP contribution in [0.4, 0.5) is 5.82 Å². The first kappa shape index (κ1) is 17.9. The number of pyridine rings is 1. The number of nitrogens with zero attached hydrogens (tertiary/aromatic N) is 2. The maximum absolute atomic E-state index is 10.8. The molecule has 0 aliphatic carbocycles. The number of nitrogens with one attached hydrogen (secondary N) is 1. The average molecular weight is 353 g/mol. The minimum atomic E-state index is -0.797. The van der Waals surface area contributed by atoms with Crippen LogP contribution in [0.5, 0.6) is 5.75 Å². The van der Waals surface area contributed by atoms with Gasteiger partial charge >= 0.3 is 5.97 Å².